The standard InChI is InChI=1S/C25H31N5O5/c1-5-8-18-21(31)29(15-16-9-11-17(35-4)12-10-16)24-26-20-19(30(24)22(18)32)23(33)28(14-7-3)25(34)27(20)13-6-2/h9-12,32H,5-8,13-15H2,1-4H3. The highest BCUT2D eigenvalue weighted by molar-refractivity contribution is 5.76. The van der Waals surface area contributed by atoms with Crippen molar-refractivity contribution < 1.29 is 9.84 Å². The molecule has 0 unspecified atom stereocenters. The number of ether oxygens (including phenoxy) is 1. The molecule has 3 aromatic heterocycles. The van der Waals surface area contributed by atoms with Gasteiger partial charge in [-0.1, -0.05) is 39.3 Å². The Morgan fingerprint density at radius 1 is 0.886 bits per heavy atom. The Morgan fingerprint density at radius 3 is 2.14 bits per heavy atom. The Hall–Kier alpha value is -3.82. The molecule has 0 bridgehead atoms. The number of aromatic hydroxyl groups is 1. The van der Waals surface area contributed by atoms with Crippen molar-refractivity contribution in [2.75, 3.05) is 7.11 Å². The zero-order valence-corrected chi connectivity index (χ0v) is 20.6. The van der Waals surface area contributed by atoms with Gasteiger partial charge in [-0.2, -0.15) is 4.98 Å². The fraction of sp³-hybridized carbons (Fsp3) is 0.440. The Bertz CT molecular complexity index is 1560. The number of imidazole rings is 1. The van der Waals surface area contributed by atoms with Gasteiger partial charge >= 0.3 is 5.69 Å². The van der Waals surface area contributed by atoms with Crippen molar-refractivity contribution >= 4 is 16.9 Å². The van der Waals surface area contributed by atoms with E-state index in [4.69, 9.17) is 4.74 Å². The van der Waals surface area contributed by atoms with Crippen molar-refractivity contribution in [3.05, 3.63) is 66.6 Å². The molecule has 3 heterocycles. The molecule has 0 aliphatic rings. The van der Waals surface area contributed by atoms with Gasteiger partial charge in [0.1, 0.15) is 5.75 Å². The maximum atomic E-state index is 13.5. The zero-order chi connectivity index (χ0) is 25.3. The quantitative estimate of drug-likeness (QED) is 0.393. The second-order valence-electron chi connectivity index (χ2n) is 8.60. The van der Waals surface area contributed by atoms with Gasteiger partial charge < -0.3 is 9.84 Å². The van der Waals surface area contributed by atoms with Crippen LogP contribution in [0.1, 0.15) is 51.2 Å². The molecule has 0 fully saturated rings. The SMILES string of the molecule is CCCc1c(O)n2c3c(=O)n(CCC)c(=O)n(CCC)c3nc2n(Cc2ccc(OC)cc2)c1=O. The average Bonchev–Trinajstić information content (AvgIpc) is 3.26. The van der Waals surface area contributed by atoms with E-state index in [1.165, 1.54) is 18.1 Å². The van der Waals surface area contributed by atoms with Crippen LogP contribution in [0.3, 0.4) is 0 Å². The molecule has 10 nitrogen and oxygen atoms in total. The smallest absolute Gasteiger partial charge is 0.332 e. The molecular formula is C25H31N5O5. The van der Waals surface area contributed by atoms with Gasteiger partial charge in [-0.25, -0.2) is 9.20 Å². The van der Waals surface area contributed by atoms with Crippen molar-refractivity contribution in [1.29, 1.82) is 0 Å². The number of hydrogen-bond donors (Lipinski definition) is 1. The van der Waals surface area contributed by atoms with Crippen LogP contribution in [0.5, 0.6) is 11.6 Å². The number of aryl methyl sites for hydroxylation is 1. The Morgan fingerprint density at radius 2 is 1.54 bits per heavy atom. The molecular weight excluding hydrogens is 450 g/mol. The summed E-state index contributed by atoms with van der Waals surface area (Å²) in [6, 6.07) is 7.29. The summed E-state index contributed by atoms with van der Waals surface area (Å²) in [6.45, 7) is 6.51. The van der Waals surface area contributed by atoms with E-state index >= 15 is 0 Å². The Kier molecular flexibility index (Phi) is 6.81. The summed E-state index contributed by atoms with van der Waals surface area (Å²) in [4.78, 5) is 44.7. The molecule has 0 spiro atoms. The molecule has 0 aliphatic heterocycles. The summed E-state index contributed by atoms with van der Waals surface area (Å²) in [5, 5.41) is 11.2. The fourth-order valence-corrected chi connectivity index (χ4v) is 4.46. The molecule has 35 heavy (non-hydrogen) atoms. The monoisotopic (exact) mass is 481 g/mol. The first-order valence-electron chi connectivity index (χ1n) is 12.0. The lowest BCUT2D eigenvalue weighted by molar-refractivity contribution is 0.414. The number of methoxy groups -OCH3 is 1. The summed E-state index contributed by atoms with van der Waals surface area (Å²) >= 11 is 0. The highest BCUT2D eigenvalue weighted by Gasteiger charge is 2.25. The predicted molar refractivity (Wildman–Crippen MR) is 134 cm³/mol. The third-order valence-electron chi connectivity index (χ3n) is 6.13. The summed E-state index contributed by atoms with van der Waals surface area (Å²) < 4.78 is 10.7. The maximum Gasteiger partial charge on any atom is 0.332 e. The maximum absolute atomic E-state index is 13.5. The normalized spacial score (nSPS) is 11.5. The summed E-state index contributed by atoms with van der Waals surface area (Å²) in [6.07, 6.45) is 2.21. The molecule has 10 heteroatoms. The van der Waals surface area contributed by atoms with Crippen LogP contribution in [-0.4, -0.2) is 35.3 Å². The Balaban J connectivity index is 2.14. The number of benzene rings is 1. The lowest BCUT2D eigenvalue weighted by atomic mass is 10.1. The van der Waals surface area contributed by atoms with E-state index in [2.05, 4.69) is 4.98 Å². The minimum absolute atomic E-state index is 0.0971. The van der Waals surface area contributed by atoms with E-state index in [1.807, 2.05) is 32.9 Å². The average molecular weight is 482 g/mol. The van der Waals surface area contributed by atoms with Crippen molar-refractivity contribution in [1.82, 2.24) is 23.1 Å². The van der Waals surface area contributed by atoms with Crippen LogP contribution in [0, 0.1) is 0 Å². The second-order valence-corrected chi connectivity index (χ2v) is 8.60. The third kappa shape index (κ3) is 4.02. The van der Waals surface area contributed by atoms with E-state index in [0.29, 0.717) is 38.0 Å². The first kappa shape index (κ1) is 24.3. The highest BCUT2D eigenvalue weighted by Crippen LogP contribution is 2.23. The van der Waals surface area contributed by atoms with Gasteiger partial charge in [-0.15, -0.1) is 0 Å². The molecule has 0 radical (unpaired) electrons. The molecule has 186 valence electrons. The summed E-state index contributed by atoms with van der Waals surface area (Å²) in [5.41, 5.74) is -0.0417. The number of nitrogens with zero attached hydrogens (tertiary/aromatic N) is 5. The predicted octanol–water partition coefficient (Wildman–Crippen LogP) is 2.51. The van der Waals surface area contributed by atoms with E-state index in [0.717, 1.165) is 5.56 Å². The van der Waals surface area contributed by atoms with Gasteiger partial charge in [0.25, 0.3) is 11.1 Å². The van der Waals surface area contributed by atoms with Gasteiger partial charge in [0, 0.05) is 13.1 Å². The van der Waals surface area contributed by atoms with Crippen LogP contribution < -0.4 is 21.5 Å². The van der Waals surface area contributed by atoms with Gasteiger partial charge in [-0.05, 0) is 37.0 Å². The van der Waals surface area contributed by atoms with Crippen LogP contribution in [0.15, 0.2) is 38.6 Å². The topological polar surface area (TPSA) is 113 Å². The third-order valence-corrected chi connectivity index (χ3v) is 6.13. The van der Waals surface area contributed by atoms with Crippen LogP contribution in [0.25, 0.3) is 16.9 Å². The molecule has 0 saturated carbocycles. The first-order valence-corrected chi connectivity index (χ1v) is 12.0. The molecule has 1 aromatic carbocycles. The molecule has 1 N–H and O–H groups in total. The number of aromatic nitrogens is 5. The van der Waals surface area contributed by atoms with E-state index in [9.17, 15) is 19.5 Å². The van der Waals surface area contributed by atoms with Crippen molar-refractivity contribution in [2.24, 2.45) is 0 Å². The lowest BCUT2D eigenvalue weighted by Crippen LogP contribution is -2.40. The summed E-state index contributed by atoms with van der Waals surface area (Å²) in [7, 11) is 1.58. The largest absolute Gasteiger partial charge is 0.497 e. The van der Waals surface area contributed by atoms with Gasteiger partial charge in [-0.3, -0.25) is 23.3 Å². The van der Waals surface area contributed by atoms with E-state index in [-0.39, 0.29) is 47.0 Å². The van der Waals surface area contributed by atoms with Gasteiger partial charge in [0.2, 0.25) is 11.7 Å². The molecule has 0 atom stereocenters. The van der Waals surface area contributed by atoms with Crippen molar-refractivity contribution in [3.63, 3.8) is 0 Å². The minimum Gasteiger partial charge on any atom is -0.497 e. The van der Waals surface area contributed by atoms with Crippen LogP contribution in [0.2, 0.25) is 0 Å². The molecule has 0 aliphatic carbocycles. The number of fused-ring (bicyclic) bond motifs is 3. The number of rotatable bonds is 9. The fourth-order valence-electron chi connectivity index (χ4n) is 4.46. The van der Waals surface area contributed by atoms with Crippen molar-refractivity contribution in [3.8, 4) is 11.6 Å². The van der Waals surface area contributed by atoms with E-state index < -0.39 is 11.2 Å². The zero-order valence-electron chi connectivity index (χ0n) is 20.6. The molecule has 0 amide bonds. The minimum atomic E-state index is -0.529. The van der Waals surface area contributed by atoms with E-state index in [1.54, 1.807) is 19.2 Å². The van der Waals surface area contributed by atoms with Crippen LogP contribution >= 0.6 is 0 Å². The lowest BCUT2D eigenvalue weighted by Gasteiger charge is -2.13. The first-order chi connectivity index (χ1) is 16.9. The van der Waals surface area contributed by atoms with Crippen LogP contribution in [0.4, 0.5) is 0 Å². The van der Waals surface area contributed by atoms with Crippen LogP contribution in [-0.2, 0) is 26.1 Å². The highest BCUT2D eigenvalue weighted by atomic mass is 16.5. The molecule has 0 saturated heterocycles. The van der Waals surface area contributed by atoms with Gasteiger partial charge in [0.05, 0.1) is 19.2 Å². The number of hydrogen-bond acceptors (Lipinski definition) is 6. The Labute approximate surface area is 201 Å². The second kappa shape index (κ2) is 9.81. The molecule has 4 rings (SSSR count). The van der Waals surface area contributed by atoms with Crippen molar-refractivity contribution in [2.45, 2.75) is 66.1 Å². The summed E-state index contributed by atoms with van der Waals surface area (Å²) in [5.74, 6) is 0.506. The van der Waals surface area contributed by atoms with Gasteiger partial charge in [0.15, 0.2) is 11.2 Å². The molecule has 4 aromatic rings.